The predicted octanol–water partition coefficient (Wildman–Crippen LogP) is 3.81. The molecule has 2 aromatic carbocycles. The van der Waals surface area contributed by atoms with Crippen molar-refractivity contribution in [2.75, 3.05) is 13.7 Å². The maximum absolute atomic E-state index is 8.52. The molecule has 0 amide bonds. The molecule has 0 aromatic heterocycles. The normalized spacial score (nSPS) is 10.3. The van der Waals surface area contributed by atoms with Gasteiger partial charge in [-0.1, -0.05) is 36.4 Å². The molecule has 0 atom stereocenters. The number of unbranched alkanes of at least 4 members (excludes halogenated alkanes) is 1. The Morgan fingerprint density at radius 2 is 1.75 bits per heavy atom. The van der Waals surface area contributed by atoms with Crippen molar-refractivity contribution in [2.45, 2.75) is 32.5 Å². The van der Waals surface area contributed by atoms with E-state index in [0.29, 0.717) is 19.6 Å². The number of ether oxygens (including phenoxy) is 2. The minimum atomic E-state index is 0.532. The van der Waals surface area contributed by atoms with E-state index in [4.69, 9.17) is 14.7 Å². The Hall–Kier alpha value is -2.35. The van der Waals surface area contributed by atoms with Crippen molar-refractivity contribution >= 4 is 0 Å². The lowest BCUT2D eigenvalue weighted by Crippen LogP contribution is -2.12. The highest BCUT2D eigenvalue weighted by Crippen LogP contribution is 2.14. The average Bonchev–Trinajstić information content (AvgIpc) is 2.61. The third-order valence-electron chi connectivity index (χ3n) is 3.59. The van der Waals surface area contributed by atoms with Crippen molar-refractivity contribution in [3.05, 3.63) is 65.2 Å². The van der Waals surface area contributed by atoms with Gasteiger partial charge in [0.1, 0.15) is 5.75 Å². The van der Waals surface area contributed by atoms with Gasteiger partial charge in [-0.2, -0.15) is 5.26 Å². The maximum atomic E-state index is 8.52. The van der Waals surface area contributed by atoms with Crippen molar-refractivity contribution in [2.24, 2.45) is 0 Å². The third-order valence-corrected chi connectivity index (χ3v) is 3.59. The van der Waals surface area contributed by atoms with Crippen LogP contribution in [0, 0.1) is 11.3 Å². The molecule has 24 heavy (non-hydrogen) atoms. The van der Waals surface area contributed by atoms with Gasteiger partial charge in [-0.25, -0.2) is 0 Å². The molecular formula is C20H24N2O2. The van der Waals surface area contributed by atoms with Gasteiger partial charge < -0.3 is 14.8 Å². The van der Waals surface area contributed by atoms with Crippen LogP contribution in [0.5, 0.6) is 5.75 Å². The van der Waals surface area contributed by atoms with Crippen molar-refractivity contribution in [1.82, 2.24) is 5.32 Å². The molecule has 1 N–H and O–H groups in total. The van der Waals surface area contributed by atoms with Crippen molar-refractivity contribution in [1.29, 1.82) is 5.26 Å². The molecule has 0 radical (unpaired) electrons. The third kappa shape index (κ3) is 6.41. The Morgan fingerprint density at radius 1 is 1.00 bits per heavy atom. The SMILES string of the molecule is COCc1ccc(CNCc2cccc(OCCCC#N)c2)cc1. The van der Waals surface area contributed by atoms with Gasteiger partial charge in [-0.15, -0.1) is 0 Å². The van der Waals surface area contributed by atoms with Crippen LogP contribution in [0.3, 0.4) is 0 Å². The van der Waals surface area contributed by atoms with Gasteiger partial charge in [0.25, 0.3) is 0 Å². The molecule has 0 spiro atoms. The van der Waals surface area contributed by atoms with Gasteiger partial charge in [0.15, 0.2) is 0 Å². The molecule has 4 heteroatoms. The second-order valence-corrected chi connectivity index (χ2v) is 5.61. The van der Waals surface area contributed by atoms with Crippen LogP contribution in [-0.2, 0) is 24.4 Å². The molecule has 0 saturated carbocycles. The molecule has 0 bridgehead atoms. The number of hydrogen-bond donors (Lipinski definition) is 1. The van der Waals surface area contributed by atoms with Gasteiger partial charge in [-0.05, 0) is 35.2 Å². The summed E-state index contributed by atoms with van der Waals surface area (Å²) in [6.45, 7) is 2.84. The molecule has 0 heterocycles. The molecule has 2 rings (SSSR count). The molecule has 0 aliphatic carbocycles. The van der Waals surface area contributed by atoms with E-state index in [9.17, 15) is 0 Å². The monoisotopic (exact) mass is 324 g/mol. The Bertz CT molecular complexity index is 647. The Kier molecular flexibility index (Phi) is 7.82. The fourth-order valence-electron chi connectivity index (χ4n) is 2.36. The minimum absolute atomic E-state index is 0.532. The topological polar surface area (TPSA) is 54.3 Å². The number of hydrogen-bond acceptors (Lipinski definition) is 4. The van der Waals surface area contributed by atoms with E-state index >= 15 is 0 Å². The molecule has 2 aromatic rings. The molecule has 126 valence electrons. The highest BCUT2D eigenvalue weighted by Gasteiger charge is 1.99. The van der Waals surface area contributed by atoms with Crippen LogP contribution in [0.15, 0.2) is 48.5 Å². The summed E-state index contributed by atoms with van der Waals surface area (Å²) >= 11 is 0. The Morgan fingerprint density at radius 3 is 2.50 bits per heavy atom. The summed E-state index contributed by atoms with van der Waals surface area (Å²) in [7, 11) is 1.71. The lowest BCUT2D eigenvalue weighted by molar-refractivity contribution is 0.185. The van der Waals surface area contributed by atoms with Gasteiger partial charge in [0.2, 0.25) is 0 Å². The largest absolute Gasteiger partial charge is 0.494 e. The van der Waals surface area contributed by atoms with E-state index in [1.807, 2.05) is 18.2 Å². The molecule has 0 fully saturated rings. The smallest absolute Gasteiger partial charge is 0.119 e. The molecule has 0 aliphatic heterocycles. The molecule has 0 saturated heterocycles. The summed E-state index contributed by atoms with van der Waals surface area (Å²) < 4.78 is 10.8. The zero-order valence-corrected chi connectivity index (χ0v) is 14.1. The highest BCUT2D eigenvalue weighted by atomic mass is 16.5. The lowest BCUT2D eigenvalue weighted by Gasteiger charge is -2.09. The Balaban J connectivity index is 1.76. The zero-order chi connectivity index (χ0) is 17.0. The summed E-state index contributed by atoms with van der Waals surface area (Å²) in [6.07, 6.45) is 1.29. The van der Waals surface area contributed by atoms with E-state index in [1.54, 1.807) is 7.11 Å². The standard InChI is InChI=1S/C20H24N2O2/c1-23-16-18-9-7-17(8-10-18)14-22-15-19-5-4-6-20(13-19)24-12-3-2-11-21/h4-10,13,22H,2-3,12,14-16H2,1H3. The van der Waals surface area contributed by atoms with E-state index in [1.165, 1.54) is 16.7 Å². The summed E-state index contributed by atoms with van der Waals surface area (Å²) in [6, 6.07) is 18.6. The number of methoxy groups -OCH3 is 1. The van der Waals surface area contributed by atoms with Crippen LogP contribution in [0.2, 0.25) is 0 Å². The maximum Gasteiger partial charge on any atom is 0.119 e. The number of nitrogens with one attached hydrogen (secondary N) is 1. The van der Waals surface area contributed by atoms with E-state index in [2.05, 4.69) is 41.7 Å². The van der Waals surface area contributed by atoms with Crippen LogP contribution in [-0.4, -0.2) is 13.7 Å². The first-order valence-corrected chi connectivity index (χ1v) is 8.18. The number of nitriles is 1. The molecular weight excluding hydrogens is 300 g/mol. The average molecular weight is 324 g/mol. The van der Waals surface area contributed by atoms with Crippen LogP contribution < -0.4 is 10.1 Å². The van der Waals surface area contributed by atoms with E-state index < -0.39 is 0 Å². The second kappa shape index (κ2) is 10.4. The molecule has 0 aliphatic rings. The van der Waals surface area contributed by atoms with Crippen molar-refractivity contribution in [3.8, 4) is 11.8 Å². The quantitative estimate of drug-likeness (QED) is 0.675. The van der Waals surface area contributed by atoms with Gasteiger partial charge in [-0.3, -0.25) is 0 Å². The van der Waals surface area contributed by atoms with Gasteiger partial charge in [0, 0.05) is 26.6 Å². The zero-order valence-electron chi connectivity index (χ0n) is 14.1. The first-order chi connectivity index (χ1) is 11.8. The van der Waals surface area contributed by atoms with Gasteiger partial charge >= 0.3 is 0 Å². The number of nitrogens with zero attached hydrogens (tertiary/aromatic N) is 1. The first-order valence-electron chi connectivity index (χ1n) is 8.18. The molecule has 4 nitrogen and oxygen atoms in total. The predicted molar refractivity (Wildman–Crippen MR) is 94.5 cm³/mol. The fourth-order valence-corrected chi connectivity index (χ4v) is 2.36. The van der Waals surface area contributed by atoms with Crippen LogP contribution in [0.4, 0.5) is 0 Å². The second-order valence-electron chi connectivity index (χ2n) is 5.61. The number of benzene rings is 2. The van der Waals surface area contributed by atoms with Crippen LogP contribution in [0.25, 0.3) is 0 Å². The van der Waals surface area contributed by atoms with Crippen molar-refractivity contribution < 1.29 is 9.47 Å². The lowest BCUT2D eigenvalue weighted by atomic mass is 10.1. The minimum Gasteiger partial charge on any atom is -0.494 e. The Labute approximate surface area is 144 Å². The number of rotatable bonds is 10. The molecule has 0 unspecified atom stereocenters. The first kappa shape index (κ1) is 18.0. The van der Waals surface area contributed by atoms with E-state index in [0.717, 1.165) is 25.3 Å². The highest BCUT2D eigenvalue weighted by molar-refractivity contribution is 5.28. The summed E-state index contributed by atoms with van der Waals surface area (Å²) in [4.78, 5) is 0. The summed E-state index contributed by atoms with van der Waals surface area (Å²) in [5, 5.41) is 12.0. The van der Waals surface area contributed by atoms with Gasteiger partial charge in [0.05, 0.1) is 19.3 Å². The van der Waals surface area contributed by atoms with E-state index in [-0.39, 0.29) is 0 Å². The van der Waals surface area contributed by atoms with Crippen LogP contribution >= 0.6 is 0 Å². The fraction of sp³-hybridized carbons (Fsp3) is 0.350. The summed E-state index contributed by atoms with van der Waals surface area (Å²) in [5.74, 6) is 0.858. The van der Waals surface area contributed by atoms with Crippen LogP contribution in [0.1, 0.15) is 29.5 Å². The summed E-state index contributed by atoms with van der Waals surface area (Å²) in [5.41, 5.74) is 3.62. The van der Waals surface area contributed by atoms with Crippen molar-refractivity contribution in [3.63, 3.8) is 0 Å².